The average Bonchev–Trinajstić information content (AvgIpc) is 3.01. The van der Waals surface area contributed by atoms with Crippen LogP contribution in [0, 0.1) is 12.8 Å². The predicted molar refractivity (Wildman–Crippen MR) is 89.6 cm³/mol. The van der Waals surface area contributed by atoms with Crippen molar-refractivity contribution in [3.05, 3.63) is 35.4 Å². The van der Waals surface area contributed by atoms with Gasteiger partial charge in [0.25, 0.3) is 0 Å². The molecule has 2 aliphatic rings. The van der Waals surface area contributed by atoms with E-state index in [1.165, 1.54) is 36.8 Å². The molecule has 1 aromatic carbocycles. The van der Waals surface area contributed by atoms with Crippen LogP contribution in [0.1, 0.15) is 49.7 Å². The Bertz CT molecular complexity index is 500. The normalized spacial score (nSPS) is 21.1. The fourth-order valence-electron chi connectivity index (χ4n) is 3.81. The third-order valence-corrected chi connectivity index (χ3v) is 5.15. The molecule has 1 saturated carbocycles. The summed E-state index contributed by atoms with van der Waals surface area (Å²) in [6.45, 7) is 5.23. The molecular formula is C19H28N2O. The first kappa shape index (κ1) is 15.5. The summed E-state index contributed by atoms with van der Waals surface area (Å²) in [4.78, 5) is 14.8. The number of nitrogens with one attached hydrogen (secondary N) is 1. The van der Waals surface area contributed by atoms with Crippen LogP contribution in [0.25, 0.3) is 0 Å². The number of amides is 1. The number of aryl methyl sites for hydroxylation is 1. The van der Waals surface area contributed by atoms with Crippen LogP contribution >= 0.6 is 0 Å². The first-order chi connectivity index (χ1) is 10.7. The molecule has 1 aromatic rings. The smallest absolute Gasteiger partial charge is 0.223 e. The second-order valence-electron chi connectivity index (χ2n) is 7.03. The predicted octanol–water partition coefficient (Wildman–Crippen LogP) is 3.27. The number of likely N-dealkylation sites (tertiary alicyclic amines) is 1. The molecule has 3 heteroatoms. The number of piperidine rings is 1. The molecule has 0 radical (unpaired) electrons. The van der Waals surface area contributed by atoms with E-state index in [2.05, 4.69) is 41.4 Å². The van der Waals surface area contributed by atoms with Crippen molar-refractivity contribution < 1.29 is 4.79 Å². The van der Waals surface area contributed by atoms with Gasteiger partial charge in [-0.25, -0.2) is 0 Å². The second kappa shape index (κ2) is 7.28. The van der Waals surface area contributed by atoms with E-state index >= 15 is 0 Å². The SMILES string of the molecule is Cc1cccc(CN2CCC(C(=O)NC3CCCC3)CC2)c1. The van der Waals surface area contributed by atoms with E-state index in [9.17, 15) is 4.79 Å². The highest BCUT2D eigenvalue weighted by molar-refractivity contribution is 5.79. The first-order valence-corrected chi connectivity index (χ1v) is 8.79. The minimum absolute atomic E-state index is 0.231. The van der Waals surface area contributed by atoms with Crippen molar-refractivity contribution in [2.75, 3.05) is 13.1 Å². The molecule has 120 valence electrons. The van der Waals surface area contributed by atoms with Gasteiger partial charge in [0, 0.05) is 18.5 Å². The van der Waals surface area contributed by atoms with Gasteiger partial charge in [-0.15, -0.1) is 0 Å². The highest BCUT2D eigenvalue weighted by Gasteiger charge is 2.27. The lowest BCUT2D eigenvalue weighted by Crippen LogP contribution is -2.42. The zero-order valence-electron chi connectivity index (χ0n) is 13.7. The Morgan fingerprint density at radius 3 is 2.59 bits per heavy atom. The van der Waals surface area contributed by atoms with Gasteiger partial charge in [0.1, 0.15) is 0 Å². The molecule has 2 fully saturated rings. The fourth-order valence-corrected chi connectivity index (χ4v) is 3.81. The number of carbonyl (C=O) groups excluding carboxylic acids is 1. The van der Waals surface area contributed by atoms with Crippen molar-refractivity contribution in [3.8, 4) is 0 Å². The summed E-state index contributed by atoms with van der Waals surface area (Å²) in [7, 11) is 0. The van der Waals surface area contributed by atoms with E-state index in [4.69, 9.17) is 0 Å². The van der Waals surface area contributed by atoms with Gasteiger partial charge >= 0.3 is 0 Å². The van der Waals surface area contributed by atoms with Crippen molar-refractivity contribution in [2.45, 2.75) is 58.0 Å². The molecule has 1 aliphatic carbocycles. The largest absolute Gasteiger partial charge is 0.353 e. The Morgan fingerprint density at radius 1 is 1.18 bits per heavy atom. The molecule has 1 aliphatic heterocycles. The lowest BCUT2D eigenvalue weighted by atomic mass is 9.95. The number of benzene rings is 1. The maximum Gasteiger partial charge on any atom is 0.223 e. The molecule has 22 heavy (non-hydrogen) atoms. The molecule has 1 saturated heterocycles. The third-order valence-electron chi connectivity index (χ3n) is 5.15. The standard InChI is InChI=1S/C19H28N2O/c1-15-5-4-6-16(13-15)14-21-11-9-17(10-12-21)19(22)20-18-7-2-3-8-18/h4-6,13,17-18H,2-3,7-12,14H2,1H3,(H,20,22). The van der Waals surface area contributed by atoms with Crippen LogP contribution in [0.5, 0.6) is 0 Å². The van der Waals surface area contributed by atoms with Gasteiger partial charge in [-0.2, -0.15) is 0 Å². The minimum atomic E-state index is 0.231. The average molecular weight is 300 g/mol. The molecular weight excluding hydrogens is 272 g/mol. The van der Waals surface area contributed by atoms with Crippen molar-refractivity contribution in [1.82, 2.24) is 10.2 Å². The van der Waals surface area contributed by atoms with E-state index in [1.807, 2.05) is 0 Å². The lowest BCUT2D eigenvalue weighted by molar-refractivity contribution is -0.127. The lowest BCUT2D eigenvalue weighted by Gasteiger charge is -2.32. The molecule has 0 unspecified atom stereocenters. The van der Waals surface area contributed by atoms with Crippen LogP contribution in [0.2, 0.25) is 0 Å². The number of carbonyl (C=O) groups is 1. The van der Waals surface area contributed by atoms with Crippen LogP contribution in [-0.4, -0.2) is 29.9 Å². The number of hydrogen-bond acceptors (Lipinski definition) is 2. The van der Waals surface area contributed by atoms with Gasteiger partial charge < -0.3 is 5.32 Å². The van der Waals surface area contributed by atoms with Crippen molar-refractivity contribution in [3.63, 3.8) is 0 Å². The zero-order chi connectivity index (χ0) is 15.4. The van der Waals surface area contributed by atoms with Gasteiger partial charge in [0.15, 0.2) is 0 Å². The Labute approximate surface area is 134 Å². The van der Waals surface area contributed by atoms with E-state index in [-0.39, 0.29) is 5.92 Å². The fraction of sp³-hybridized carbons (Fsp3) is 0.632. The molecule has 0 aromatic heterocycles. The van der Waals surface area contributed by atoms with Crippen molar-refractivity contribution >= 4 is 5.91 Å². The van der Waals surface area contributed by atoms with Gasteiger partial charge in [0.05, 0.1) is 0 Å². The number of nitrogens with zero attached hydrogens (tertiary/aromatic N) is 1. The van der Waals surface area contributed by atoms with Crippen LogP contribution in [0.3, 0.4) is 0 Å². The quantitative estimate of drug-likeness (QED) is 0.925. The van der Waals surface area contributed by atoms with Crippen LogP contribution in [-0.2, 0) is 11.3 Å². The maximum absolute atomic E-state index is 12.3. The number of hydrogen-bond donors (Lipinski definition) is 1. The van der Waals surface area contributed by atoms with Crippen LogP contribution in [0.15, 0.2) is 24.3 Å². The Kier molecular flexibility index (Phi) is 5.14. The Hall–Kier alpha value is -1.35. The van der Waals surface area contributed by atoms with Gasteiger partial charge in [-0.3, -0.25) is 9.69 Å². The highest BCUT2D eigenvalue weighted by Crippen LogP contribution is 2.22. The van der Waals surface area contributed by atoms with Gasteiger partial charge in [0.2, 0.25) is 5.91 Å². The molecule has 1 amide bonds. The summed E-state index contributed by atoms with van der Waals surface area (Å²) < 4.78 is 0. The highest BCUT2D eigenvalue weighted by atomic mass is 16.1. The summed E-state index contributed by atoms with van der Waals surface area (Å²) in [6, 6.07) is 9.19. The van der Waals surface area contributed by atoms with E-state index < -0.39 is 0 Å². The summed E-state index contributed by atoms with van der Waals surface area (Å²) >= 11 is 0. The minimum Gasteiger partial charge on any atom is -0.353 e. The van der Waals surface area contributed by atoms with Gasteiger partial charge in [-0.05, 0) is 51.3 Å². The molecule has 1 N–H and O–H groups in total. The molecule has 3 rings (SSSR count). The maximum atomic E-state index is 12.3. The summed E-state index contributed by atoms with van der Waals surface area (Å²) in [5.41, 5.74) is 2.71. The summed E-state index contributed by atoms with van der Waals surface area (Å²) in [5, 5.41) is 3.26. The second-order valence-corrected chi connectivity index (χ2v) is 7.03. The number of rotatable bonds is 4. The van der Waals surface area contributed by atoms with Crippen molar-refractivity contribution in [2.24, 2.45) is 5.92 Å². The molecule has 0 atom stereocenters. The molecule has 1 heterocycles. The first-order valence-electron chi connectivity index (χ1n) is 8.79. The molecule has 3 nitrogen and oxygen atoms in total. The Morgan fingerprint density at radius 2 is 1.91 bits per heavy atom. The van der Waals surface area contributed by atoms with Crippen molar-refractivity contribution in [1.29, 1.82) is 0 Å². The van der Waals surface area contributed by atoms with Gasteiger partial charge in [-0.1, -0.05) is 42.7 Å². The van der Waals surface area contributed by atoms with E-state index in [1.54, 1.807) is 0 Å². The van der Waals surface area contributed by atoms with E-state index in [0.717, 1.165) is 32.5 Å². The third kappa shape index (κ3) is 4.10. The zero-order valence-corrected chi connectivity index (χ0v) is 13.7. The monoisotopic (exact) mass is 300 g/mol. The van der Waals surface area contributed by atoms with Crippen LogP contribution < -0.4 is 5.32 Å². The summed E-state index contributed by atoms with van der Waals surface area (Å²) in [5.74, 6) is 0.538. The topological polar surface area (TPSA) is 32.3 Å². The van der Waals surface area contributed by atoms with E-state index in [0.29, 0.717) is 11.9 Å². The van der Waals surface area contributed by atoms with Crippen LogP contribution in [0.4, 0.5) is 0 Å². The molecule has 0 bridgehead atoms. The summed E-state index contributed by atoms with van der Waals surface area (Å²) in [6.07, 6.45) is 6.92. The Balaban J connectivity index is 1.44. The molecule has 0 spiro atoms.